The molecule has 2 amide bonds. The average molecular weight is 270 g/mol. The molecular weight excluding hydrogens is 244 g/mol. The van der Waals surface area contributed by atoms with E-state index in [0.29, 0.717) is 12.8 Å². The highest BCUT2D eigenvalue weighted by atomic mass is 16.4. The molecule has 1 saturated carbocycles. The molecule has 1 aliphatic rings. The van der Waals surface area contributed by atoms with Crippen LogP contribution < -0.4 is 10.6 Å². The van der Waals surface area contributed by atoms with E-state index in [1.54, 1.807) is 13.8 Å². The zero-order valence-corrected chi connectivity index (χ0v) is 12.4. The van der Waals surface area contributed by atoms with E-state index >= 15 is 0 Å². The number of nitrogens with one attached hydrogen (secondary N) is 2. The van der Waals surface area contributed by atoms with Gasteiger partial charge in [-0.3, -0.25) is 0 Å². The smallest absolute Gasteiger partial charge is 0.329 e. The SMILES string of the molecule is CCC(CC)(NC(=O)NC1CCCC1(C)C)C(=O)O. The van der Waals surface area contributed by atoms with Gasteiger partial charge in [0.1, 0.15) is 5.54 Å². The molecule has 110 valence electrons. The van der Waals surface area contributed by atoms with Crippen molar-refractivity contribution in [1.29, 1.82) is 0 Å². The van der Waals surface area contributed by atoms with E-state index in [4.69, 9.17) is 0 Å². The third-order valence-electron chi connectivity index (χ3n) is 4.53. The number of urea groups is 1. The molecule has 1 unspecified atom stereocenters. The molecule has 0 spiro atoms. The molecule has 0 saturated heterocycles. The first kappa shape index (κ1) is 15.8. The first-order valence-corrected chi connectivity index (χ1v) is 7.09. The Morgan fingerprint density at radius 1 is 1.32 bits per heavy atom. The average Bonchev–Trinajstić information content (AvgIpc) is 2.65. The van der Waals surface area contributed by atoms with Crippen LogP contribution in [0, 0.1) is 5.41 Å². The zero-order chi connectivity index (χ0) is 14.7. The van der Waals surface area contributed by atoms with Crippen LogP contribution in [0.4, 0.5) is 4.79 Å². The largest absolute Gasteiger partial charge is 0.480 e. The fourth-order valence-corrected chi connectivity index (χ4v) is 2.79. The number of hydrogen-bond acceptors (Lipinski definition) is 2. The fraction of sp³-hybridized carbons (Fsp3) is 0.857. The summed E-state index contributed by atoms with van der Waals surface area (Å²) in [7, 11) is 0. The summed E-state index contributed by atoms with van der Waals surface area (Å²) in [6, 6.07) is -0.251. The Bertz CT molecular complexity index is 349. The zero-order valence-electron chi connectivity index (χ0n) is 12.4. The highest BCUT2D eigenvalue weighted by Crippen LogP contribution is 2.37. The van der Waals surface area contributed by atoms with Crippen molar-refractivity contribution in [1.82, 2.24) is 10.6 Å². The van der Waals surface area contributed by atoms with Gasteiger partial charge in [-0.2, -0.15) is 0 Å². The maximum Gasteiger partial charge on any atom is 0.329 e. The molecule has 1 aliphatic carbocycles. The normalized spacial score (nSPS) is 22.0. The van der Waals surface area contributed by atoms with Crippen molar-refractivity contribution < 1.29 is 14.7 Å². The lowest BCUT2D eigenvalue weighted by Gasteiger charge is -2.32. The van der Waals surface area contributed by atoms with Crippen LogP contribution in [0.3, 0.4) is 0 Å². The van der Waals surface area contributed by atoms with E-state index in [9.17, 15) is 14.7 Å². The number of amides is 2. The van der Waals surface area contributed by atoms with Crippen LogP contribution in [0.25, 0.3) is 0 Å². The summed E-state index contributed by atoms with van der Waals surface area (Å²) in [6.45, 7) is 7.82. The van der Waals surface area contributed by atoms with Gasteiger partial charge in [-0.25, -0.2) is 9.59 Å². The third-order valence-corrected chi connectivity index (χ3v) is 4.53. The van der Waals surface area contributed by atoms with Crippen LogP contribution in [0.15, 0.2) is 0 Å². The maximum atomic E-state index is 12.0. The van der Waals surface area contributed by atoms with Crippen molar-refractivity contribution in [3.8, 4) is 0 Å². The van der Waals surface area contributed by atoms with Crippen molar-refractivity contribution in [3.63, 3.8) is 0 Å². The molecule has 0 aliphatic heterocycles. The van der Waals surface area contributed by atoms with Crippen LogP contribution >= 0.6 is 0 Å². The number of carbonyl (C=O) groups excluding carboxylic acids is 1. The van der Waals surface area contributed by atoms with Gasteiger partial charge in [0.2, 0.25) is 0 Å². The van der Waals surface area contributed by atoms with Gasteiger partial charge >= 0.3 is 12.0 Å². The second-order valence-corrected chi connectivity index (χ2v) is 6.13. The Hall–Kier alpha value is -1.26. The number of carbonyl (C=O) groups is 2. The van der Waals surface area contributed by atoms with Gasteiger partial charge in [0, 0.05) is 6.04 Å². The van der Waals surface area contributed by atoms with Gasteiger partial charge < -0.3 is 15.7 Å². The van der Waals surface area contributed by atoms with Gasteiger partial charge in [-0.15, -0.1) is 0 Å². The highest BCUT2D eigenvalue weighted by molar-refractivity contribution is 5.86. The molecule has 0 heterocycles. The fourth-order valence-electron chi connectivity index (χ4n) is 2.79. The minimum Gasteiger partial charge on any atom is -0.480 e. The van der Waals surface area contributed by atoms with E-state index < -0.39 is 11.5 Å². The Labute approximate surface area is 115 Å². The van der Waals surface area contributed by atoms with E-state index in [-0.39, 0.29) is 17.5 Å². The predicted octanol–water partition coefficient (Wildman–Crippen LogP) is 2.51. The van der Waals surface area contributed by atoms with Gasteiger partial charge in [0.15, 0.2) is 0 Å². The Morgan fingerprint density at radius 3 is 2.26 bits per heavy atom. The number of aliphatic carboxylic acids is 1. The topological polar surface area (TPSA) is 78.4 Å². The van der Waals surface area contributed by atoms with Gasteiger partial charge in [-0.1, -0.05) is 34.1 Å². The van der Waals surface area contributed by atoms with Crippen LogP contribution in [-0.4, -0.2) is 28.7 Å². The quantitative estimate of drug-likeness (QED) is 0.718. The van der Waals surface area contributed by atoms with E-state index in [0.717, 1.165) is 19.3 Å². The summed E-state index contributed by atoms with van der Waals surface area (Å²) in [6.07, 6.45) is 3.90. The predicted molar refractivity (Wildman–Crippen MR) is 74.0 cm³/mol. The van der Waals surface area contributed by atoms with E-state index in [1.807, 2.05) is 0 Å². The Morgan fingerprint density at radius 2 is 1.89 bits per heavy atom. The molecule has 3 N–H and O–H groups in total. The molecule has 0 aromatic heterocycles. The first-order valence-electron chi connectivity index (χ1n) is 7.09. The van der Waals surface area contributed by atoms with Crippen LogP contribution in [0.5, 0.6) is 0 Å². The van der Waals surface area contributed by atoms with Crippen LogP contribution in [0.2, 0.25) is 0 Å². The van der Waals surface area contributed by atoms with Crippen molar-refractivity contribution >= 4 is 12.0 Å². The molecule has 0 aromatic rings. The standard InChI is InChI=1S/C14H26N2O3/c1-5-14(6-2,11(17)18)16-12(19)15-10-8-7-9-13(10,3)4/h10H,5-9H2,1-4H3,(H,17,18)(H2,15,16,19). The highest BCUT2D eigenvalue weighted by Gasteiger charge is 2.39. The summed E-state index contributed by atoms with van der Waals surface area (Å²) < 4.78 is 0. The Kier molecular flexibility index (Phi) is 4.82. The van der Waals surface area contributed by atoms with Crippen LogP contribution in [-0.2, 0) is 4.79 Å². The second-order valence-electron chi connectivity index (χ2n) is 6.13. The van der Waals surface area contributed by atoms with Gasteiger partial charge in [0.05, 0.1) is 0 Å². The summed E-state index contributed by atoms with van der Waals surface area (Å²) in [5.74, 6) is -0.974. The lowest BCUT2D eigenvalue weighted by atomic mass is 9.87. The minimum absolute atomic E-state index is 0.0850. The monoisotopic (exact) mass is 270 g/mol. The molecule has 19 heavy (non-hydrogen) atoms. The maximum absolute atomic E-state index is 12.0. The summed E-state index contributed by atoms with van der Waals surface area (Å²) >= 11 is 0. The molecule has 5 heteroatoms. The van der Waals surface area contributed by atoms with Crippen molar-refractivity contribution in [3.05, 3.63) is 0 Å². The molecule has 1 atom stereocenters. The minimum atomic E-state index is -1.16. The van der Waals surface area contributed by atoms with Gasteiger partial charge in [-0.05, 0) is 31.1 Å². The molecule has 1 rings (SSSR count). The first-order chi connectivity index (χ1) is 8.77. The number of rotatable bonds is 5. The summed E-state index contributed by atoms with van der Waals surface area (Å²) in [5.41, 5.74) is -1.07. The summed E-state index contributed by atoms with van der Waals surface area (Å²) in [4.78, 5) is 23.4. The van der Waals surface area contributed by atoms with Gasteiger partial charge in [0.25, 0.3) is 0 Å². The van der Waals surface area contributed by atoms with E-state index in [1.165, 1.54) is 0 Å². The number of hydrogen-bond donors (Lipinski definition) is 3. The molecule has 1 fully saturated rings. The lowest BCUT2D eigenvalue weighted by molar-refractivity contribution is -0.144. The molecule has 5 nitrogen and oxygen atoms in total. The Balaban J connectivity index is 2.66. The molecular formula is C14H26N2O3. The second kappa shape index (κ2) is 5.80. The third kappa shape index (κ3) is 3.39. The van der Waals surface area contributed by atoms with E-state index in [2.05, 4.69) is 24.5 Å². The summed E-state index contributed by atoms with van der Waals surface area (Å²) in [5, 5.41) is 14.9. The van der Waals surface area contributed by atoms with Crippen molar-refractivity contribution in [2.75, 3.05) is 0 Å². The molecule has 0 bridgehead atoms. The molecule has 0 aromatic carbocycles. The van der Waals surface area contributed by atoms with Crippen LogP contribution in [0.1, 0.15) is 59.8 Å². The molecule has 0 radical (unpaired) electrons. The van der Waals surface area contributed by atoms with Crippen molar-refractivity contribution in [2.24, 2.45) is 5.41 Å². The number of carboxylic acid groups (broad SMARTS) is 1. The van der Waals surface area contributed by atoms with Crippen molar-refractivity contribution in [2.45, 2.75) is 71.4 Å². The lowest BCUT2D eigenvalue weighted by Crippen LogP contribution is -2.58. The number of carboxylic acids is 1.